The van der Waals surface area contributed by atoms with Crippen LogP contribution >= 0.6 is 0 Å². The molecule has 5 heteroatoms. The largest absolute Gasteiger partial charge is 0.490 e. The van der Waals surface area contributed by atoms with Crippen molar-refractivity contribution in [2.24, 2.45) is 5.92 Å². The molecule has 3 aliphatic rings. The summed E-state index contributed by atoms with van der Waals surface area (Å²) in [7, 11) is 0. The van der Waals surface area contributed by atoms with E-state index in [0.717, 1.165) is 44.5 Å². The first-order chi connectivity index (χ1) is 11.8. The van der Waals surface area contributed by atoms with Crippen LogP contribution in [0.15, 0.2) is 24.3 Å². The van der Waals surface area contributed by atoms with Crippen LogP contribution in [-0.2, 0) is 11.3 Å². The van der Waals surface area contributed by atoms with Crippen LogP contribution in [-0.4, -0.2) is 61.8 Å². The van der Waals surface area contributed by atoms with Gasteiger partial charge in [-0.1, -0.05) is 12.1 Å². The fourth-order valence-electron chi connectivity index (χ4n) is 4.13. The van der Waals surface area contributed by atoms with Crippen molar-refractivity contribution in [3.63, 3.8) is 0 Å². The van der Waals surface area contributed by atoms with Gasteiger partial charge in [0.25, 0.3) is 0 Å². The third-order valence-corrected chi connectivity index (χ3v) is 5.64. The topological polar surface area (TPSA) is 24.9 Å². The molecule has 2 aliphatic heterocycles. The predicted molar refractivity (Wildman–Crippen MR) is 95.4 cm³/mol. The van der Waals surface area contributed by atoms with Crippen molar-refractivity contribution >= 4 is 0 Å². The van der Waals surface area contributed by atoms with Crippen molar-refractivity contribution in [2.75, 3.05) is 45.9 Å². The zero-order valence-electron chi connectivity index (χ0n) is 15.0. The quantitative estimate of drug-likeness (QED) is 0.769. The van der Waals surface area contributed by atoms with Crippen molar-refractivity contribution in [3.05, 3.63) is 29.8 Å². The molecule has 3 fully saturated rings. The Morgan fingerprint density at radius 3 is 2.28 bits per heavy atom. The standard InChI is InChI=1S/C20H30N2O2.Ar/c1-2-8-21(7-1)15-17-3-5-19(6-4-17)24-20-13-18(14-20)16-22-9-11-23-12-10-22;/h3-6,18,20H,1-2,7-16H2;. The summed E-state index contributed by atoms with van der Waals surface area (Å²) in [6, 6.07) is 8.77. The SMILES string of the molecule is [Ar].c1cc(OC2CC(CN3CCOCC3)C2)ccc1CN1CCCC1. The summed E-state index contributed by atoms with van der Waals surface area (Å²) >= 11 is 0. The normalized spacial score (nSPS) is 27.5. The van der Waals surface area contributed by atoms with Crippen LogP contribution in [0.25, 0.3) is 0 Å². The average Bonchev–Trinajstić information content (AvgIpc) is 3.08. The molecule has 1 saturated carbocycles. The Labute approximate surface area is 181 Å². The molecule has 2 heterocycles. The van der Waals surface area contributed by atoms with Gasteiger partial charge in [0, 0.05) is 63.9 Å². The van der Waals surface area contributed by atoms with Crippen molar-refractivity contribution in [1.29, 1.82) is 0 Å². The molecule has 0 amide bonds. The molecule has 4 nitrogen and oxygen atoms in total. The molecule has 25 heavy (non-hydrogen) atoms. The van der Waals surface area contributed by atoms with Gasteiger partial charge in [0.1, 0.15) is 5.75 Å². The van der Waals surface area contributed by atoms with E-state index in [0.29, 0.717) is 6.10 Å². The Kier molecular flexibility index (Phi) is 7.89. The minimum absolute atomic E-state index is 0. The summed E-state index contributed by atoms with van der Waals surface area (Å²) in [6.07, 6.45) is 5.53. The molecule has 0 radical (unpaired) electrons. The van der Waals surface area contributed by atoms with E-state index in [1.165, 1.54) is 50.9 Å². The van der Waals surface area contributed by atoms with E-state index in [4.69, 9.17) is 9.47 Å². The maximum atomic E-state index is 6.14. The van der Waals surface area contributed by atoms with Gasteiger partial charge in [0.05, 0.1) is 19.3 Å². The first-order valence-electron chi connectivity index (χ1n) is 9.63. The van der Waals surface area contributed by atoms with E-state index in [2.05, 4.69) is 34.1 Å². The molecule has 0 unspecified atom stereocenters. The van der Waals surface area contributed by atoms with Gasteiger partial charge in [0.2, 0.25) is 0 Å². The number of rotatable bonds is 6. The molecule has 140 valence electrons. The zero-order valence-corrected chi connectivity index (χ0v) is 15.7. The van der Waals surface area contributed by atoms with Gasteiger partial charge >= 0.3 is 0 Å². The summed E-state index contributed by atoms with van der Waals surface area (Å²) in [5, 5.41) is 0. The molecule has 4 rings (SSSR count). The Bertz CT molecular complexity index is 507. The molecule has 1 aromatic carbocycles. The molecule has 0 atom stereocenters. The van der Waals surface area contributed by atoms with Gasteiger partial charge in [-0.3, -0.25) is 9.80 Å². The van der Waals surface area contributed by atoms with Gasteiger partial charge in [-0.25, -0.2) is 0 Å². The van der Waals surface area contributed by atoms with Gasteiger partial charge in [-0.15, -0.1) is 0 Å². The number of nitrogens with zero attached hydrogens (tertiary/aromatic N) is 2. The van der Waals surface area contributed by atoms with E-state index in [-0.39, 0.29) is 37.7 Å². The Balaban J connectivity index is 0.00000182. The van der Waals surface area contributed by atoms with Crippen molar-refractivity contribution < 1.29 is 47.2 Å². The fraction of sp³-hybridized carbons (Fsp3) is 0.700. The van der Waals surface area contributed by atoms with Crippen LogP contribution in [0.3, 0.4) is 0 Å². The maximum absolute atomic E-state index is 6.14. The molecule has 2 saturated heterocycles. The summed E-state index contributed by atoms with van der Waals surface area (Å²) in [5.41, 5.74) is 1.41. The summed E-state index contributed by atoms with van der Waals surface area (Å²) < 4.78 is 11.6. The minimum Gasteiger partial charge on any atom is -0.490 e. The molecule has 0 spiro atoms. The smallest absolute Gasteiger partial charge is 0.119 e. The van der Waals surface area contributed by atoms with Crippen LogP contribution in [0.1, 0.15) is 31.2 Å². The van der Waals surface area contributed by atoms with Crippen LogP contribution in [0.4, 0.5) is 0 Å². The Morgan fingerprint density at radius 2 is 1.60 bits per heavy atom. The van der Waals surface area contributed by atoms with Gasteiger partial charge in [-0.05, 0) is 62.4 Å². The average molecular weight is 370 g/mol. The zero-order chi connectivity index (χ0) is 16.2. The maximum Gasteiger partial charge on any atom is 0.119 e. The molecule has 1 aliphatic carbocycles. The Morgan fingerprint density at radius 1 is 0.920 bits per heavy atom. The number of ether oxygens (including phenoxy) is 2. The third-order valence-electron chi connectivity index (χ3n) is 5.64. The number of hydrogen-bond acceptors (Lipinski definition) is 4. The molecule has 1 aromatic rings. The van der Waals surface area contributed by atoms with Crippen LogP contribution in [0.2, 0.25) is 0 Å². The fourth-order valence-corrected chi connectivity index (χ4v) is 4.13. The minimum atomic E-state index is 0. The second kappa shape index (κ2) is 9.91. The van der Waals surface area contributed by atoms with Crippen molar-refractivity contribution in [2.45, 2.75) is 38.3 Å². The van der Waals surface area contributed by atoms with E-state index >= 15 is 0 Å². The summed E-state index contributed by atoms with van der Waals surface area (Å²) in [5.74, 6) is 1.84. The van der Waals surface area contributed by atoms with E-state index in [1.807, 2.05) is 0 Å². The predicted octanol–water partition coefficient (Wildman–Crippen LogP) is 2.77. The molecule has 0 aromatic heterocycles. The third kappa shape index (κ3) is 5.82. The van der Waals surface area contributed by atoms with E-state index in [9.17, 15) is 0 Å². The monoisotopic (exact) mass is 370 g/mol. The van der Waals surface area contributed by atoms with E-state index in [1.54, 1.807) is 0 Å². The summed E-state index contributed by atoms with van der Waals surface area (Å²) in [6.45, 7) is 8.81. The van der Waals surface area contributed by atoms with Crippen molar-refractivity contribution in [3.8, 4) is 5.75 Å². The van der Waals surface area contributed by atoms with Gasteiger partial charge in [-0.2, -0.15) is 0 Å². The Hall–Kier alpha value is 0.160. The van der Waals surface area contributed by atoms with Crippen molar-refractivity contribution in [1.82, 2.24) is 9.80 Å². The molecular weight excluding hydrogens is 340 g/mol. The van der Waals surface area contributed by atoms with Gasteiger partial charge in [0.15, 0.2) is 0 Å². The summed E-state index contributed by atoms with van der Waals surface area (Å²) in [4.78, 5) is 5.08. The first kappa shape index (κ1) is 19.9. The van der Waals surface area contributed by atoms with E-state index < -0.39 is 0 Å². The number of morpholine rings is 1. The second-order valence-corrected chi connectivity index (χ2v) is 7.62. The molecule has 0 bridgehead atoms. The first-order valence-corrected chi connectivity index (χ1v) is 9.63. The second-order valence-electron chi connectivity index (χ2n) is 7.62. The number of benzene rings is 1. The number of likely N-dealkylation sites (tertiary alicyclic amines) is 1. The number of hydrogen-bond donors (Lipinski definition) is 0. The van der Waals surface area contributed by atoms with Crippen LogP contribution in [0, 0.1) is 43.7 Å². The molecule has 0 N–H and O–H groups in total. The van der Waals surface area contributed by atoms with Crippen LogP contribution < -0.4 is 4.74 Å². The van der Waals surface area contributed by atoms with Gasteiger partial charge < -0.3 is 9.47 Å². The molecular formula is C20H30ArN2O2. The van der Waals surface area contributed by atoms with Crippen LogP contribution in [0.5, 0.6) is 5.75 Å².